The zero-order chi connectivity index (χ0) is 18.3. The summed E-state index contributed by atoms with van der Waals surface area (Å²) in [4.78, 5) is 21.7. The van der Waals surface area contributed by atoms with E-state index >= 15 is 0 Å². The average Bonchev–Trinajstić information content (AvgIpc) is 3.08. The Morgan fingerprint density at radius 1 is 1.04 bits per heavy atom. The van der Waals surface area contributed by atoms with Crippen molar-refractivity contribution in [3.63, 3.8) is 0 Å². The number of anilines is 1. The number of hydrogen-bond acceptors (Lipinski definition) is 4. The summed E-state index contributed by atoms with van der Waals surface area (Å²) in [6, 6.07) is 10.4. The van der Waals surface area contributed by atoms with Crippen LogP contribution in [0.5, 0.6) is 0 Å². The number of H-pyrrole nitrogens is 1. The van der Waals surface area contributed by atoms with Gasteiger partial charge in [0, 0.05) is 26.2 Å². The van der Waals surface area contributed by atoms with Gasteiger partial charge in [0.05, 0.1) is 5.56 Å². The van der Waals surface area contributed by atoms with E-state index in [-0.39, 0.29) is 5.91 Å². The van der Waals surface area contributed by atoms with E-state index in [4.69, 9.17) is 0 Å². The number of piperazine rings is 1. The molecule has 1 aliphatic rings. The number of benzene rings is 2. The van der Waals surface area contributed by atoms with Gasteiger partial charge in [-0.05, 0) is 37.1 Å². The van der Waals surface area contributed by atoms with Crippen LogP contribution in [0.2, 0.25) is 0 Å². The molecule has 26 heavy (non-hydrogen) atoms. The molecule has 6 heteroatoms. The first-order valence-electron chi connectivity index (χ1n) is 8.96. The Morgan fingerprint density at radius 3 is 2.50 bits per heavy atom. The Bertz CT molecular complexity index is 969. The number of aromatic amines is 1. The average molecular weight is 349 g/mol. The first-order valence-corrected chi connectivity index (χ1v) is 8.96. The van der Waals surface area contributed by atoms with Crippen LogP contribution < -0.4 is 4.90 Å². The van der Waals surface area contributed by atoms with Crippen molar-refractivity contribution in [2.24, 2.45) is 0 Å². The van der Waals surface area contributed by atoms with E-state index in [9.17, 15) is 4.79 Å². The monoisotopic (exact) mass is 349 g/mol. The lowest BCUT2D eigenvalue weighted by Crippen LogP contribution is -2.49. The third-order valence-electron chi connectivity index (χ3n) is 5.03. The molecule has 1 aromatic heterocycles. The highest BCUT2D eigenvalue weighted by atomic mass is 16.2. The van der Waals surface area contributed by atoms with Gasteiger partial charge in [-0.15, -0.1) is 5.10 Å². The van der Waals surface area contributed by atoms with Crippen LogP contribution in [0.15, 0.2) is 30.3 Å². The first-order chi connectivity index (χ1) is 12.5. The molecule has 0 radical (unpaired) electrons. The number of rotatable bonds is 2. The minimum absolute atomic E-state index is 0.114. The lowest BCUT2D eigenvalue weighted by molar-refractivity contribution is 0.0747. The van der Waals surface area contributed by atoms with Gasteiger partial charge in [0.2, 0.25) is 5.95 Å². The zero-order valence-electron chi connectivity index (χ0n) is 15.4. The van der Waals surface area contributed by atoms with Gasteiger partial charge >= 0.3 is 0 Å². The van der Waals surface area contributed by atoms with E-state index in [2.05, 4.69) is 51.3 Å². The molecule has 4 rings (SSSR count). The molecule has 1 amide bonds. The molecule has 0 atom stereocenters. The van der Waals surface area contributed by atoms with Crippen LogP contribution in [0.1, 0.15) is 27.3 Å². The van der Waals surface area contributed by atoms with E-state index in [1.54, 1.807) is 0 Å². The number of nitrogens with one attached hydrogen (secondary N) is 1. The van der Waals surface area contributed by atoms with Gasteiger partial charge < -0.3 is 9.80 Å². The van der Waals surface area contributed by atoms with Crippen LogP contribution in [0.3, 0.4) is 0 Å². The highest BCUT2D eigenvalue weighted by molar-refractivity contribution is 6.08. The van der Waals surface area contributed by atoms with Crippen LogP contribution in [0, 0.1) is 20.8 Å². The molecule has 2 heterocycles. The van der Waals surface area contributed by atoms with Crippen LogP contribution in [-0.2, 0) is 0 Å². The molecular formula is C20H23N5O. The van der Waals surface area contributed by atoms with E-state index < -0.39 is 0 Å². The quantitative estimate of drug-likeness (QED) is 0.773. The van der Waals surface area contributed by atoms with Gasteiger partial charge in [0.1, 0.15) is 5.82 Å². The highest BCUT2D eigenvalue weighted by Crippen LogP contribution is 2.25. The van der Waals surface area contributed by atoms with Gasteiger partial charge in [-0.1, -0.05) is 35.9 Å². The fourth-order valence-corrected chi connectivity index (χ4v) is 3.58. The Morgan fingerprint density at radius 2 is 1.81 bits per heavy atom. The van der Waals surface area contributed by atoms with Crippen molar-refractivity contribution in [1.29, 1.82) is 0 Å². The molecule has 3 aromatic rings. The molecular weight excluding hydrogens is 326 g/mol. The van der Waals surface area contributed by atoms with Crippen molar-refractivity contribution >= 4 is 22.6 Å². The normalized spacial score (nSPS) is 14.9. The smallest absolute Gasteiger partial charge is 0.254 e. The van der Waals surface area contributed by atoms with Gasteiger partial charge in [0.25, 0.3) is 5.91 Å². The summed E-state index contributed by atoms with van der Waals surface area (Å²) in [5.41, 5.74) is 3.05. The van der Waals surface area contributed by atoms with Gasteiger partial charge in [-0.3, -0.25) is 9.89 Å². The summed E-state index contributed by atoms with van der Waals surface area (Å²) in [5.74, 6) is 1.63. The first kappa shape index (κ1) is 16.6. The lowest BCUT2D eigenvalue weighted by atomic mass is 9.97. The predicted molar refractivity (Wildman–Crippen MR) is 103 cm³/mol. The van der Waals surface area contributed by atoms with Gasteiger partial charge in [-0.2, -0.15) is 4.98 Å². The fourth-order valence-electron chi connectivity index (χ4n) is 3.58. The lowest BCUT2D eigenvalue weighted by Gasteiger charge is -2.34. The predicted octanol–water partition coefficient (Wildman–Crippen LogP) is 2.85. The molecule has 6 nitrogen and oxygen atoms in total. The summed E-state index contributed by atoms with van der Waals surface area (Å²) in [5, 5.41) is 9.25. The molecule has 1 fully saturated rings. The fraction of sp³-hybridized carbons (Fsp3) is 0.350. The molecule has 2 aromatic carbocycles. The van der Waals surface area contributed by atoms with E-state index in [0.717, 1.165) is 40.8 Å². The van der Waals surface area contributed by atoms with Crippen LogP contribution in [0.4, 0.5) is 5.95 Å². The second-order valence-corrected chi connectivity index (χ2v) is 6.98. The molecule has 134 valence electrons. The van der Waals surface area contributed by atoms with Crippen molar-refractivity contribution in [1.82, 2.24) is 20.1 Å². The minimum Gasteiger partial charge on any atom is -0.336 e. The number of nitrogens with zero attached hydrogens (tertiary/aromatic N) is 4. The Labute approximate surface area is 152 Å². The van der Waals surface area contributed by atoms with Crippen molar-refractivity contribution in [2.75, 3.05) is 31.1 Å². The number of amides is 1. The number of carbonyl (C=O) groups excluding carboxylic acids is 1. The summed E-state index contributed by atoms with van der Waals surface area (Å²) in [6.07, 6.45) is 0. The van der Waals surface area contributed by atoms with Crippen LogP contribution in [0.25, 0.3) is 10.8 Å². The number of aromatic nitrogens is 3. The third-order valence-corrected chi connectivity index (χ3v) is 5.03. The van der Waals surface area contributed by atoms with Gasteiger partial charge in [-0.25, -0.2) is 0 Å². The topological polar surface area (TPSA) is 65.1 Å². The maximum atomic E-state index is 13.2. The second kappa shape index (κ2) is 6.44. The Hall–Kier alpha value is -2.89. The molecule has 0 bridgehead atoms. The molecule has 1 saturated heterocycles. The standard InChI is InChI=1S/C20H23N5O/c1-13-4-7-17-16(12-13)6-5-14(2)18(17)19(26)24-8-10-25(11-9-24)20-21-15(3)22-23-20/h4-7,12H,8-11H2,1-3H3,(H,21,22,23). The van der Waals surface area contributed by atoms with E-state index in [1.165, 1.54) is 5.56 Å². The van der Waals surface area contributed by atoms with Crippen LogP contribution >= 0.6 is 0 Å². The van der Waals surface area contributed by atoms with Crippen molar-refractivity contribution < 1.29 is 4.79 Å². The van der Waals surface area contributed by atoms with E-state index in [1.807, 2.05) is 24.8 Å². The van der Waals surface area contributed by atoms with Crippen molar-refractivity contribution in [3.05, 3.63) is 52.8 Å². The maximum absolute atomic E-state index is 13.2. The van der Waals surface area contributed by atoms with Crippen LogP contribution in [-0.4, -0.2) is 52.2 Å². The minimum atomic E-state index is 0.114. The molecule has 0 saturated carbocycles. The summed E-state index contributed by atoms with van der Waals surface area (Å²) >= 11 is 0. The summed E-state index contributed by atoms with van der Waals surface area (Å²) < 4.78 is 0. The van der Waals surface area contributed by atoms with E-state index in [0.29, 0.717) is 19.0 Å². The summed E-state index contributed by atoms with van der Waals surface area (Å²) in [7, 11) is 0. The van der Waals surface area contributed by atoms with Gasteiger partial charge in [0.15, 0.2) is 0 Å². The second-order valence-electron chi connectivity index (χ2n) is 6.98. The summed E-state index contributed by atoms with van der Waals surface area (Å²) in [6.45, 7) is 8.81. The molecule has 0 aliphatic carbocycles. The maximum Gasteiger partial charge on any atom is 0.254 e. The SMILES string of the molecule is Cc1ccc2c(C(=O)N3CCN(c4n[nH]c(C)n4)CC3)c(C)ccc2c1. The zero-order valence-corrected chi connectivity index (χ0v) is 15.4. The molecule has 0 spiro atoms. The van der Waals surface area contributed by atoms with Crippen molar-refractivity contribution in [3.8, 4) is 0 Å². The molecule has 1 aliphatic heterocycles. The number of carbonyl (C=O) groups is 1. The Kier molecular flexibility index (Phi) is 4.11. The highest BCUT2D eigenvalue weighted by Gasteiger charge is 2.26. The number of fused-ring (bicyclic) bond motifs is 1. The molecule has 0 unspecified atom stereocenters. The third kappa shape index (κ3) is 2.92. The number of hydrogen-bond donors (Lipinski definition) is 1. The number of aryl methyl sites for hydroxylation is 3. The van der Waals surface area contributed by atoms with Crippen molar-refractivity contribution in [2.45, 2.75) is 20.8 Å². The molecule has 1 N–H and O–H groups in total. The Balaban J connectivity index is 1.57. The largest absolute Gasteiger partial charge is 0.336 e.